The second-order valence-electron chi connectivity index (χ2n) is 9.99. The van der Waals surface area contributed by atoms with E-state index >= 15 is 0 Å². The maximum atomic E-state index is 13.4. The molecule has 3 aliphatic rings. The molecule has 3 fully saturated rings. The Morgan fingerprint density at radius 2 is 2.00 bits per heavy atom. The first-order valence-electron chi connectivity index (χ1n) is 12.0. The third kappa shape index (κ3) is 3.76. The van der Waals surface area contributed by atoms with Crippen molar-refractivity contribution in [1.82, 2.24) is 19.7 Å². The van der Waals surface area contributed by atoms with Gasteiger partial charge in [-0.2, -0.15) is 5.10 Å². The van der Waals surface area contributed by atoms with E-state index in [2.05, 4.69) is 14.9 Å². The number of carbonyl (C=O) groups excluding carboxylic acids is 1. The molecular formula is C26H29N5O3. The van der Waals surface area contributed by atoms with Gasteiger partial charge in [-0.25, -0.2) is 9.97 Å². The van der Waals surface area contributed by atoms with Gasteiger partial charge in [0.25, 0.3) is 0 Å². The number of piperidine rings is 1. The number of carbonyl (C=O) groups is 1. The topological polar surface area (TPSA) is 93.4 Å². The predicted octanol–water partition coefficient (Wildman–Crippen LogP) is 3.19. The quantitative estimate of drug-likeness (QED) is 0.517. The van der Waals surface area contributed by atoms with Crippen molar-refractivity contribution in [3.63, 3.8) is 0 Å². The molecule has 2 bridgehead atoms. The number of hydrogen-bond donors (Lipinski definition) is 1. The Bertz CT molecular complexity index is 1220. The van der Waals surface area contributed by atoms with Crippen LogP contribution in [-0.2, 0) is 6.54 Å². The van der Waals surface area contributed by atoms with Crippen LogP contribution in [0.15, 0.2) is 42.6 Å². The predicted molar refractivity (Wildman–Crippen MR) is 126 cm³/mol. The van der Waals surface area contributed by atoms with Gasteiger partial charge in [-0.05, 0) is 61.9 Å². The summed E-state index contributed by atoms with van der Waals surface area (Å²) in [5.41, 5.74) is 2.95. The maximum Gasteiger partial charge on any atom is 0.231 e. The lowest BCUT2D eigenvalue weighted by molar-refractivity contribution is 0.102. The summed E-state index contributed by atoms with van der Waals surface area (Å²) in [4.78, 5) is 24.7. The van der Waals surface area contributed by atoms with Gasteiger partial charge >= 0.3 is 0 Å². The molecule has 8 heteroatoms. The number of fused-ring (bicyclic) bond motifs is 2. The van der Waals surface area contributed by atoms with E-state index in [1.807, 2.05) is 35.0 Å². The minimum atomic E-state index is -0.180. The Kier molecular flexibility index (Phi) is 5.13. The van der Waals surface area contributed by atoms with Crippen molar-refractivity contribution in [1.29, 1.82) is 0 Å². The van der Waals surface area contributed by atoms with Crippen molar-refractivity contribution in [2.75, 3.05) is 25.2 Å². The summed E-state index contributed by atoms with van der Waals surface area (Å²) in [6, 6.07) is 11.9. The Balaban J connectivity index is 1.25. The van der Waals surface area contributed by atoms with E-state index in [-0.39, 0.29) is 17.8 Å². The second kappa shape index (κ2) is 8.20. The lowest BCUT2D eigenvalue weighted by atomic mass is 9.89. The highest BCUT2D eigenvalue weighted by Crippen LogP contribution is 2.48. The zero-order valence-electron chi connectivity index (χ0n) is 19.4. The van der Waals surface area contributed by atoms with Gasteiger partial charge in [-0.3, -0.25) is 9.48 Å². The van der Waals surface area contributed by atoms with Gasteiger partial charge in [0.05, 0.1) is 20.3 Å². The molecule has 3 heterocycles. The Labute approximate surface area is 198 Å². The standard InChI is InChI=1S/C26H29N5O3/c1-34-20-6-2-17(3-7-20)14-31-23(18-4-5-18)12-22(29-31)24(33)21-9-11-27-25(28-21)30-15-26(16-32)10-8-19(30)13-26/h2-3,6-7,9,11-12,18-19,32H,4-5,8,10,13-16H2,1H3. The van der Waals surface area contributed by atoms with Crippen LogP contribution in [0.5, 0.6) is 5.75 Å². The van der Waals surface area contributed by atoms with Gasteiger partial charge < -0.3 is 14.7 Å². The molecule has 2 atom stereocenters. The number of nitrogens with zero attached hydrogens (tertiary/aromatic N) is 5. The van der Waals surface area contributed by atoms with Crippen LogP contribution >= 0.6 is 0 Å². The number of anilines is 1. The molecule has 0 amide bonds. The molecule has 1 saturated heterocycles. The van der Waals surface area contributed by atoms with Gasteiger partial charge in [-0.15, -0.1) is 0 Å². The maximum absolute atomic E-state index is 13.4. The highest BCUT2D eigenvalue weighted by atomic mass is 16.5. The fraction of sp³-hybridized carbons (Fsp3) is 0.462. The first-order chi connectivity index (χ1) is 16.6. The van der Waals surface area contributed by atoms with E-state index in [1.54, 1.807) is 19.4 Å². The van der Waals surface area contributed by atoms with Crippen LogP contribution in [0.4, 0.5) is 5.95 Å². The summed E-state index contributed by atoms with van der Waals surface area (Å²) in [7, 11) is 1.66. The van der Waals surface area contributed by atoms with E-state index in [4.69, 9.17) is 9.84 Å². The SMILES string of the molecule is COc1ccc(Cn2nc(C(=O)c3ccnc(N4CC5(CO)CCC4C5)n3)cc2C2CC2)cc1. The van der Waals surface area contributed by atoms with Crippen molar-refractivity contribution in [2.24, 2.45) is 5.41 Å². The lowest BCUT2D eigenvalue weighted by Gasteiger charge is -2.31. The summed E-state index contributed by atoms with van der Waals surface area (Å²) in [6.07, 6.45) is 6.95. The number of ether oxygens (including phenoxy) is 1. The number of aromatic nitrogens is 4. The van der Waals surface area contributed by atoms with E-state index in [0.29, 0.717) is 35.8 Å². The van der Waals surface area contributed by atoms with Crippen LogP contribution in [0.1, 0.15) is 65.5 Å². The van der Waals surface area contributed by atoms with Gasteiger partial charge in [0.1, 0.15) is 17.1 Å². The molecule has 34 heavy (non-hydrogen) atoms. The largest absolute Gasteiger partial charge is 0.497 e. The van der Waals surface area contributed by atoms with E-state index in [0.717, 1.165) is 55.7 Å². The van der Waals surface area contributed by atoms with Crippen LogP contribution in [0.25, 0.3) is 0 Å². The molecule has 2 aliphatic carbocycles. The third-order valence-corrected chi connectivity index (χ3v) is 7.62. The first kappa shape index (κ1) is 21.3. The molecule has 1 aliphatic heterocycles. The normalized spacial score (nSPS) is 23.5. The number of rotatable bonds is 8. The van der Waals surface area contributed by atoms with Crippen LogP contribution in [0, 0.1) is 5.41 Å². The van der Waals surface area contributed by atoms with Crippen molar-refractivity contribution >= 4 is 11.7 Å². The number of aliphatic hydroxyl groups excluding tert-OH is 1. The number of methoxy groups -OCH3 is 1. The highest BCUT2D eigenvalue weighted by molar-refractivity contribution is 6.06. The monoisotopic (exact) mass is 459 g/mol. The molecule has 1 aromatic carbocycles. The second-order valence-corrected chi connectivity index (χ2v) is 9.99. The molecule has 8 nitrogen and oxygen atoms in total. The fourth-order valence-electron chi connectivity index (χ4n) is 5.53. The number of hydrogen-bond acceptors (Lipinski definition) is 7. The fourth-order valence-corrected chi connectivity index (χ4v) is 5.53. The average Bonchev–Trinajstić information content (AvgIpc) is 3.35. The first-order valence-corrected chi connectivity index (χ1v) is 12.0. The van der Waals surface area contributed by atoms with Crippen molar-refractivity contribution in [3.8, 4) is 5.75 Å². The van der Waals surface area contributed by atoms with Crippen LogP contribution in [0.3, 0.4) is 0 Å². The zero-order valence-corrected chi connectivity index (χ0v) is 19.4. The molecule has 6 rings (SSSR count). The Morgan fingerprint density at radius 3 is 2.71 bits per heavy atom. The van der Waals surface area contributed by atoms with Gasteiger partial charge in [0, 0.05) is 35.8 Å². The summed E-state index contributed by atoms with van der Waals surface area (Å²) in [6.45, 7) is 1.54. The molecule has 1 N–H and O–H groups in total. The Morgan fingerprint density at radius 1 is 1.18 bits per heavy atom. The smallest absolute Gasteiger partial charge is 0.231 e. The number of aliphatic hydroxyl groups is 1. The minimum absolute atomic E-state index is 0.0482. The average molecular weight is 460 g/mol. The summed E-state index contributed by atoms with van der Waals surface area (Å²) in [5.74, 6) is 1.67. The molecule has 0 spiro atoms. The summed E-state index contributed by atoms with van der Waals surface area (Å²) in [5, 5.41) is 14.6. The van der Waals surface area contributed by atoms with Crippen LogP contribution in [-0.4, -0.2) is 56.9 Å². The van der Waals surface area contributed by atoms with E-state index in [9.17, 15) is 9.90 Å². The van der Waals surface area contributed by atoms with Gasteiger partial charge in [-0.1, -0.05) is 12.1 Å². The molecular weight excluding hydrogens is 430 g/mol. The lowest BCUT2D eigenvalue weighted by Crippen LogP contribution is -2.38. The van der Waals surface area contributed by atoms with Crippen molar-refractivity contribution in [2.45, 2.75) is 50.6 Å². The molecule has 2 aromatic heterocycles. The molecule has 2 saturated carbocycles. The summed E-state index contributed by atoms with van der Waals surface area (Å²) < 4.78 is 7.21. The zero-order chi connectivity index (χ0) is 23.3. The van der Waals surface area contributed by atoms with Crippen LogP contribution < -0.4 is 9.64 Å². The van der Waals surface area contributed by atoms with Gasteiger partial charge in [0.15, 0.2) is 0 Å². The molecule has 176 valence electrons. The van der Waals surface area contributed by atoms with Crippen molar-refractivity contribution in [3.05, 3.63) is 65.2 Å². The highest BCUT2D eigenvalue weighted by Gasteiger charge is 2.50. The molecule has 0 radical (unpaired) electrons. The number of ketones is 1. The van der Waals surface area contributed by atoms with Gasteiger partial charge in [0.2, 0.25) is 11.7 Å². The van der Waals surface area contributed by atoms with Crippen LogP contribution in [0.2, 0.25) is 0 Å². The molecule has 3 aromatic rings. The van der Waals surface area contributed by atoms with E-state index < -0.39 is 0 Å². The third-order valence-electron chi connectivity index (χ3n) is 7.62. The summed E-state index contributed by atoms with van der Waals surface area (Å²) >= 11 is 0. The van der Waals surface area contributed by atoms with Crippen molar-refractivity contribution < 1.29 is 14.6 Å². The Hall–Kier alpha value is -3.26. The van der Waals surface area contributed by atoms with E-state index in [1.165, 1.54) is 0 Å². The molecule has 2 unspecified atom stereocenters. The minimum Gasteiger partial charge on any atom is -0.497 e. The number of benzene rings is 1.